The van der Waals surface area contributed by atoms with E-state index in [4.69, 9.17) is 5.73 Å². The average Bonchev–Trinajstić information content (AvgIpc) is 3.18. The largest absolute Gasteiger partial charge is 0.369 e. The lowest BCUT2D eigenvalue weighted by molar-refractivity contribution is -0.123. The van der Waals surface area contributed by atoms with E-state index in [0.717, 1.165) is 26.5 Å². The number of hydrogen-bond donors (Lipinski definition) is 1. The molecule has 1 aliphatic rings. The third-order valence-electron chi connectivity index (χ3n) is 4.23. The molecule has 0 unspecified atom stereocenters. The van der Waals surface area contributed by atoms with Crippen LogP contribution in [0.2, 0.25) is 0 Å². The van der Waals surface area contributed by atoms with E-state index in [-0.39, 0.29) is 12.3 Å². The van der Waals surface area contributed by atoms with Crippen LogP contribution >= 0.6 is 11.3 Å². The minimum atomic E-state index is -0.423. The van der Waals surface area contributed by atoms with Crippen LogP contribution in [0.3, 0.4) is 0 Å². The zero-order valence-corrected chi connectivity index (χ0v) is 13.6. The normalized spacial score (nSPS) is 17.6. The molecule has 1 fully saturated rings. The number of nitrogens with zero attached hydrogens (tertiary/aromatic N) is 2. The standard InChI is InChI=1S/C18H15N3O2S/c19-17(23)12-9-16(22)21(10-12)13-5-3-4-11(8-13)18-20-14-6-1-2-7-15(14)24-18/h1-8,12H,9-10H2,(H2,19,23)/t12-/m1/s1. The van der Waals surface area contributed by atoms with Gasteiger partial charge in [0.2, 0.25) is 11.8 Å². The highest BCUT2D eigenvalue weighted by Crippen LogP contribution is 2.33. The zero-order valence-electron chi connectivity index (χ0n) is 12.8. The Morgan fingerprint density at radius 3 is 2.79 bits per heavy atom. The molecule has 0 bridgehead atoms. The Morgan fingerprint density at radius 1 is 1.21 bits per heavy atom. The predicted octanol–water partition coefficient (Wildman–Crippen LogP) is 2.80. The Bertz CT molecular complexity index is 917. The highest BCUT2D eigenvalue weighted by Gasteiger charge is 2.34. The van der Waals surface area contributed by atoms with Crippen molar-refractivity contribution in [1.29, 1.82) is 0 Å². The molecular formula is C18H15N3O2S. The first kappa shape index (κ1) is 14.8. The predicted molar refractivity (Wildman–Crippen MR) is 94.7 cm³/mol. The molecule has 5 nitrogen and oxygen atoms in total. The summed E-state index contributed by atoms with van der Waals surface area (Å²) in [5, 5.41) is 0.913. The summed E-state index contributed by atoms with van der Waals surface area (Å²) in [4.78, 5) is 29.8. The molecule has 0 spiro atoms. The molecule has 1 aromatic heterocycles. The fraction of sp³-hybridized carbons (Fsp3) is 0.167. The van der Waals surface area contributed by atoms with E-state index in [1.165, 1.54) is 0 Å². The van der Waals surface area contributed by atoms with Crippen LogP contribution in [-0.2, 0) is 9.59 Å². The highest BCUT2D eigenvalue weighted by molar-refractivity contribution is 7.21. The van der Waals surface area contributed by atoms with Gasteiger partial charge >= 0.3 is 0 Å². The van der Waals surface area contributed by atoms with Gasteiger partial charge < -0.3 is 10.6 Å². The smallest absolute Gasteiger partial charge is 0.227 e. The molecule has 4 rings (SSSR count). The Hall–Kier alpha value is -2.73. The van der Waals surface area contributed by atoms with E-state index in [0.29, 0.717) is 6.54 Å². The van der Waals surface area contributed by atoms with Crippen LogP contribution in [0, 0.1) is 5.92 Å². The summed E-state index contributed by atoms with van der Waals surface area (Å²) in [5.41, 5.74) is 8.05. The third kappa shape index (κ3) is 2.55. The molecule has 2 amide bonds. The maximum atomic E-state index is 12.2. The Kier molecular flexibility index (Phi) is 3.54. The average molecular weight is 337 g/mol. The number of amides is 2. The molecule has 1 aliphatic heterocycles. The van der Waals surface area contributed by atoms with Crippen LogP contribution in [0.25, 0.3) is 20.8 Å². The van der Waals surface area contributed by atoms with E-state index < -0.39 is 11.8 Å². The van der Waals surface area contributed by atoms with E-state index in [2.05, 4.69) is 4.98 Å². The molecule has 1 saturated heterocycles. The summed E-state index contributed by atoms with van der Waals surface area (Å²) in [6.45, 7) is 0.345. The fourth-order valence-electron chi connectivity index (χ4n) is 2.95. The van der Waals surface area contributed by atoms with Crippen LogP contribution < -0.4 is 10.6 Å². The second kappa shape index (κ2) is 5.72. The van der Waals surface area contributed by atoms with E-state index >= 15 is 0 Å². The SMILES string of the molecule is NC(=O)[C@@H]1CC(=O)N(c2cccc(-c3nc4ccccc4s3)c2)C1. The van der Waals surface area contributed by atoms with Gasteiger partial charge in [-0.25, -0.2) is 4.98 Å². The van der Waals surface area contributed by atoms with Gasteiger partial charge in [-0.15, -0.1) is 11.3 Å². The Morgan fingerprint density at radius 2 is 2.04 bits per heavy atom. The molecule has 0 radical (unpaired) electrons. The summed E-state index contributed by atoms with van der Waals surface area (Å²) in [6, 6.07) is 15.7. The summed E-state index contributed by atoms with van der Waals surface area (Å²) in [5.74, 6) is -0.906. The Balaban J connectivity index is 1.69. The summed E-state index contributed by atoms with van der Waals surface area (Å²) in [6.07, 6.45) is 0.181. The number of nitrogens with two attached hydrogens (primary N) is 1. The minimum absolute atomic E-state index is 0.0692. The maximum Gasteiger partial charge on any atom is 0.227 e. The number of anilines is 1. The van der Waals surface area contributed by atoms with Crippen LogP contribution in [0.4, 0.5) is 5.69 Å². The lowest BCUT2D eigenvalue weighted by Gasteiger charge is -2.16. The molecule has 2 N–H and O–H groups in total. The van der Waals surface area contributed by atoms with Crippen molar-refractivity contribution in [2.75, 3.05) is 11.4 Å². The van der Waals surface area contributed by atoms with Crippen molar-refractivity contribution in [2.24, 2.45) is 11.7 Å². The van der Waals surface area contributed by atoms with Gasteiger partial charge in [0.25, 0.3) is 0 Å². The first-order valence-electron chi connectivity index (χ1n) is 7.67. The van der Waals surface area contributed by atoms with Crippen LogP contribution in [-0.4, -0.2) is 23.3 Å². The molecule has 0 saturated carbocycles. The van der Waals surface area contributed by atoms with Gasteiger partial charge in [-0.05, 0) is 24.3 Å². The molecule has 1 atom stereocenters. The summed E-state index contributed by atoms with van der Waals surface area (Å²) in [7, 11) is 0. The first-order chi connectivity index (χ1) is 11.6. The molecule has 24 heavy (non-hydrogen) atoms. The molecule has 2 aromatic carbocycles. The third-order valence-corrected chi connectivity index (χ3v) is 5.31. The number of carbonyl (C=O) groups excluding carboxylic acids is 2. The second-order valence-electron chi connectivity index (χ2n) is 5.84. The number of aromatic nitrogens is 1. The number of para-hydroxylation sites is 1. The minimum Gasteiger partial charge on any atom is -0.369 e. The summed E-state index contributed by atoms with van der Waals surface area (Å²) >= 11 is 1.62. The van der Waals surface area contributed by atoms with Crippen molar-refractivity contribution in [2.45, 2.75) is 6.42 Å². The van der Waals surface area contributed by atoms with Crippen LogP contribution in [0.5, 0.6) is 0 Å². The number of benzene rings is 2. The lowest BCUT2D eigenvalue weighted by atomic mass is 10.1. The number of carbonyl (C=O) groups is 2. The quantitative estimate of drug-likeness (QED) is 0.798. The summed E-state index contributed by atoms with van der Waals surface area (Å²) < 4.78 is 1.13. The first-order valence-corrected chi connectivity index (χ1v) is 8.49. The fourth-order valence-corrected chi connectivity index (χ4v) is 3.91. The van der Waals surface area contributed by atoms with Crippen molar-refractivity contribution in [3.8, 4) is 10.6 Å². The number of primary amides is 1. The topological polar surface area (TPSA) is 76.3 Å². The van der Waals surface area contributed by atoms with Gasteiger partial charge in [0, 0.05) is 24.2 Å². The van der Waals surface area contributed by atoms with Crippen molar-refractivity contribution >= 4 is 39.1 Å². The molecule has 120 valence electrons. The zero-order chi connectivity index (χ0) is 16.7. The van der Waals surface area contributed by atoms with Crippen molar-refractivity contribution in [3.63, 3.8) is 0 Å². The van der Waals surface area contributed by atoms with Gasteiger partial charge in [-0.3, -0.25) is 9.59 Å². The van der Waals surface area contributed by atoms with E-state index in [1.54, 1.807) is 16.2 Å². The Labute approximate surface area is 142 Å². The van der Waals surface area contributed by atoms with Crippen molar-refractivity contribution in [3.05, 3.63) is 48.5 Å². The van der Waals surface area contributed by atoms with E-state index in [1.807, 2.05) is 48.5 Å². The monoisotopic (exact) mass is 337 g/mol. The van der Waals surface area contributed by atoms with Crippen LogP contribution in [0.1, 0.15) is 6.42 Å². The van der Waals surface area contributed by atoms with Gasteiger partial charge in [0.15, 0.2) is 0 Å². The van der Waals surface area contributed by atoms with Gasteiger partial charge in [-0.2, -0.15) is 0 Å². The van der Waals surface area contributed by atoms with Gasteiger partial charge in [-0.1, -0.05) is 24.3 Å². The highest BCUT2D eigenvalue weighted by atomic mass is 32.1. The molecule has 3 aromatic rings. The molecular weight excluding hydrogens is 322 g/mol. The lowest BCUT2D eigenvalue weighted by Crippen LogP contribution is -2.28. The van der Waals surface area contributed by atoms with Gasteiger partial charge in [0.1, 0.15) is 5.01 Å². The number of rotatable bonds is 3. The maximum absolute atomic E-state index is 12.2. The molecule has 2 heterocycles. The van der Waals surface area contributed by atoms with Crippen molar-refractivity contribution in [1.82, 2.24) is 4.98 Å². The number of fused-ring (bicyclic) bond motifs is 1. The molecule has 6 heteroatoms. The van der Waals surface area contributed by atoms with Crippen LogP contribution in [0.15, 0.2) is 48.5 Å². The van der Waals surface area contributed by atoms with E-state index in [9.17, 15) is 9.59 Å². The number of hydrogen-bond acceptors (Lipinski definition) is 4. The second-order valence-corrected chi connectivity index (χ2v) is 6.88. The van der Waals surface area contributed by atoms with Crippen molar-refractivity contribution < 1.29 is 9.59 Å². The molecule has 0 aliphatic carbocycles. The number of thiazole rings is 1. The van der Waals surface area contributed by atoms with Gasteiger partial charge in [0.05, 0.1) is 16.1 Å².